The molecule has 1 aliphatic heterocycles. The Bertz CT molecular complexity index is 1940. The molecule has 0 radical (unpaired) electrons. The van der Waals surface area contributed by atoms with Crippen LogP contribution in [0, 0.1) is 0 Å². The summed E-state index contributed by atoms with van der Waals surface area (Å²) in [5.74, 6) is 0.620. The van der Waals surface area contributed by atoms with E-state index in [1.54, 1.807) is 55.6 Å². The first kappa shape index (κ1) is 31.6. The molecule has 0 aliphatic carbocycles. The molecular formula is C39H32N2O7. The Balaban J connectivity index is 1.15. The molecule has 240 valence electrons. The van der Waals surface area contributed by atoms with Gasteiger partial charge in [0.2, 0.25) is 0 Å². The molecule has 5 aromatic carbocycles. The molecule has 9 heteroatoms. The van der Waals surface area contributed by atoms with Crippen LogP contribution < -0.4 is 29.2 Å². The van der Waals surface area contributed by atoms with Gasteiger partial charge < -0.3 is 18.9 Å². The van der Waals surface area contributed by atoms with E-state index in [1.807, 2.05) is 78.9 Å². The SMILES string of the molecule is COc1cc(COc2ccccc2/C=C2/C(=O)NC(=O)N(c3ccc(OCc4ccccc4)cc3)C2=O)ccc1OCc1ccccc1. The number of nitrogens with one attached hydrogen (secondary N) is 1. The summed E-state index contributed by atoms with van der Waals surface area (Å²) >= 11 is 0. The van der Waals surface area contributed by atoms with Crippen molar-refractivity contribution in [3.05, 3.63) is 155 Å². The van der Waals surface area contributed by atoms with Gasteiger partial charge in [-0.25, -0.2) is 9.69 Å². The minimum Gasteiger partial charge on any atom is -0.493 e. The van der Waals surface area contributed by atoms with Gasteiger partial charge in [0.15, 0.2) is 11.5 Å². The zero-order valence-corrected chi connectivity index (χ0v) is 26.1. The van der Waals surface area contributed by atoms with Gasteiger partial charge in [-0.2, -0.15) is 0 Å². The first-order valence-corrected chi connectivity index (χ1v) is 15.2. The zero-order chi connectivity index (χ0) is 33.3. The molecule has 48 heavy (non-hydrogen) atoms. The molecule has 0 spiro atoms. The molecule has 1 fully saturated rings. The summed E-state index contributed by atoms with van der Waals surface area (Å²) in [7, 11) is 1.57. The molecule has 0 aromatic heterocycles. The summed E-state index contributed by atoms with van der Waals surface area (Å²) in [5.41, 5.74) is 3.43. The number of ether oxygens (including phenoxy) is 4. The summed E-state index contributed by atoms with van der Waals surface area (Å²) in [5, 5.41) is 2.27. The molecule has 9 nitrogen and oxygen atoms in total. The van der Waals surface area contributed by atoms with Crippen LogP contribution in [0.1, 0.15) is 22.3 Å². The maximum Gasteiger partial charge on any atom is 0.335 e. The number of hydrogen-bond donors (Lipinski definition) is 1. The van der Waals surface area contributed by atoms with Crippen LogP contribution in [0.5, 0.6) is 23.0 Å². The number of barbiturate groups is 1. The number of nitrogens with zero attached hydrogens (tertiary/aromatic N) is 1. The van der Waals surface area contributed by atoms with Gasteiger partial charge in [0.1, 0.15) is 36.9 Å². The third kappa shape index (κ3) is 7.54. The maximum atomic E-state index is 13.6. The van der Waals surface area contributed by atoms with Crippen molar-refractivity contribution in [3.8, 4) is 23.0 Å². The van der Waals surface area contributed by atoms with Crippen molar-refractivity contribution in [1.82, 2.24) is 5.32 Å². The van der Waals surface area contributed by atoms with Crippen molar-refractivity contribution in [2.75, 3.05) is 12.0 Å². The van der Waals surface area contributed by atoms with Gasteiger partial charge in [0, 0.05) is 5.56 Å². The fourth-order valence-electron chi connectivity index (χ4n) is 5.03. The first-order chi connectivity index (χ1) is 23.5. The lowest BCUT2D eigenvalue weighted by Gasteiger charge is -2.26. The lowest BCUT2D eigenvalue weighted by atomic mass is 10.1. The third-order valence-corrected chi connectivity index (χ3v) is 7.52. The predicted molar refractivity (Wildman–Crippen MR) is 181 cm³/mol. The van der Waals surface area contributed by atoms with E-state index in [1.165, 1.54) is 6.08 Å². The fraction of sp³-hybridized carbons (Fsp3) is 0.103. The lowest BCUT2D eigenvalue weighted by Crippen LogP contribution is -2.54. The minimum atomic E-state index is -0.838. The van der Waals surface area contributed by atoms with Gasteiger partial charge in [-0.1, -0.05) is 84.9 Å². The average Bonchev–Trinajstić information content (AvgIpc) is 3.12. The van der Waals surface area contributed by atoms with E-state index in [4.69, 9.17) is 18.9 Å². The highest BCUT2D eigenvalue weighted by Crippen LogP contribution is 2.31. The van der Waals surface area contributed by atoms with Gasteiger partial charge in [0.25, 0.3) is 11.8 Å². The van der Waals surface area contributed by atoms with E-state index < -0.39 is 17.8 Å². The van der Waals surface area contributed by atoms with E-state index in [0.717, 1.165) is 21.6 Å². The summed E-state index contributed by atoms with van der Waals surface area (Å²) < 4.78 is 23.5. The Kier molecular flexibility index (Phi) is 9.77. The molecule has 1 heterocycles. The van der Waals surface area contributed by atoms with Crippen LogP contribution in [0.25, 0.3) is 6.08 Å². The van der Waals surface area contributed by atoms with Crippen LogP contribution in [0.2, 0.25) is 0 Å². The number of carbonyl (C=O) groups excluding carboxylic acids is 3. The largest absolute Gasteiger partial charge is 0.493 e. The second-order valence-electron chi connectivity index (χ2n) is 10.8. The number of rotatable bonds is 12. The second kappa shape index (κ2) is 14.8. The summed E-state index contributed by atoms with van der Waals surface area (Å²) in [4.78, 5) is 40.2. The van der Waals surface area contributed by atoms with E-state index in [9.17, 15) is 14.4 Å². The number of para-hydroxylation sites is 1. The van der Waals surface area contributed by atoms with E-state index in [-0.39, 0.29) is 17.9 Å². The van der Waals surface area contributed by atoms with Crippen molar-refractivity contribution >= 4 is 29.6 Å². The van der Waals surface area contributed by atoms with Crippen LogP contribution in [0.15, 0.2) is 133 Å². The highest BCUT2D eigenvalue weighted by atomic mass is 16.5. The highest BCUT2D eigenvalue weighted by Gasteiger charge is 2.37. The number of anilines is 1. The smallest absolute Gasteiger partial charge is 0.335 e. The van der Waals surface area contributed by atoms with Crippen LogP contribution >= 0.6 is 0 Å². The van der Waals surface area contributed by atoms with E-state index in [0.29, 0.717) is 41.8 Å². The van der Waals surface area contributed by atoms with Crippen molar-refractivity contribution in [3.63, 3.8) is 0 Å². The van der Waals surface area contributed by atoms with Gasteiger partial charge in [-0.05, 0) is 65.2 Å². The molecule has 5 aromatic rings. The second-order valence-corrected chi connectivity index (χ2v) is 10.8. The average molecular weight is 641 g/mol. The Morgan fingerprint density at radius 1 is 0.604 bits per heavy atom. The van der Waals surface area contributed by atoms with Crippen molar-refractivity contribution < 1.29 is 33.3 Å². The van der Waals surface area contributed by atoms with Gasteiger partial charge in [-0.3, -0.25) is 14.9 Å². The lowest BCUT2D eigenvalue weighted by molar-refractivity contribution is -0.122. The summed E-state index contributed by atoms with van der Waals surface area (Å²) in [6, 6.07) is 37.8. The summed E-state index contributed by atoms with van der Waals surface area (Å²) in [6.07, 6.45) is 1.42. The van der Waals surface area contributed by atoms with Crippen molar-refractivity contribution in [1.29, 1.82) is 0 Å². The molecule has 0 atom stereocenters. The Labute approximate surface area is 277 Å². The minimum absolute atomic E-state index is 0.180. The first-order valence-electron chi connectivity index (χ1n) is 15.2. The topological polar surface area (TPSA) is 103 Å². The molecule has 0 unspecified atom stereocenters. The molecule has 1 saturated heterocycles. The molecule has 6 rings (SSSR count). The van der Waals surface area contributed by atoms with E-state index >= 15 is 0 Å². The number of urea groups is 1. The predicted octanol–water partition coefficient (Wildman–Crippen LogP) is 7.10. The molecule has 1 N–H and O–H groups in total. The highest BCUT2D eigenvalue weighted by molar-refractivity contribution is 6.39. The standard InChI is InChI=1S/C39H32N2O7/c1-45-36-22-29(16-21-35(36)48-25-28-12-6-3-7-13-28)26-47-34-15-9-8-14-30(34)23-33-37(42)40-39(44)41(38(33)43)31-17-19-32(20-18-31)46-24-27-10-4-2-5-11-27/h2-23H,24-26H2,1H3,(H,40,42,44)/b33-23-. The molecule has 0 saturated carbocycles. The number of carbonyl (C=O) groups is 3. The van der Waals surface area contributed by atoms with Crippen LogP contribution in [0.3, 0.4) is 0 Å². The summed E-state index contributed by atoms with van der Waals surface area (Å²) in [6.45, 7) is 0.950. The van der Waals surface area contributed by atoms with Crippen LogP contribution in [-0.4, -0.2) is 25.0 Å². The van der Waals surface area contributed by atoms with Crippen LogP contribution in [0.4, 0.5) is 10.5 Å². The quantitative estimate of drug-likeness (QED) is 0.115. The number of benzene rings is 5. The molecule has 1 aliphatic rings. The van der Waals surface area contributed by atoms with Crippen LogP contribution in [-0.2, 0) is 29.4 Å². The van der Waals surface area contributed by atoms with Gasteiger partial charge >= 0.3 is 6.03 Å². The third-order valence-electron chi connectivity index (χ3n) is 7.52. The fourth-order valence-corrected chi connectivity index (χ4v) is 5.03. The van der Waals surface area contributed by atoms with Crippen molar-refractivity contribution in [2.24, 2.45) is 0 Å². The number of amides is 4. The van der Waals surface area contributed by atoms with Gasteiger partial charge in [-0.15, -0.1) is 0 Å². The van der Waals surface area contributed by atoms with Gasteiger partial charge in [0.05, 0.1) is 12.8 Å². The Morgan fingerprint density at radius 2 is 1.21 bits per heavy atom. The monoisotopic (exact) mass is 640 g/mol. The Morgan fingerprint density at radius 3 is 1.90 bits per heavy atom. The number of hydrogen-bond acceptors (Lipinski definition) is 7. The normalized spacial score (nSPS) is 13.6. The Hall–Kier alpha value is -6.35. The molecule has 4 amide bonds. The van der Waals surface area contributed by atoms with E-state index in [2.05, 4.69) is 5.32 Å². The zero-order valence-electron chi connectivity index (χ0n) is 26.1. The maximum absolute atomic E-state index is 13.6. The number of imide groups is 2. The number of methoxy groups -OCH3 is 1. The van der Waals surface area contributed by atoms with Crippen molar-refractivity contribution in [2.45, 2.75) is 19.8 Å². The molecule has 0 bridgehead atoms. The molecular weight excluding hydrogens is 608 g/mol.